The first-order chi connectivity index (χ1) is 7.25. The minimum Gasteiger partial charge on any atom is -0.476 e. The number of carboxylic acid groups (broad SMARTS) is 1. The third-order valence-electron chi connectivity index (χ3n) is 1.97. The molecule has 76 valence electrons. The van der Waals surface area contributed by atoms with Gasteiger partial charge in [0, 0.05) is 25.1 Å². The van der Waals surface area contributed by atoms with Crippen molar-refractivity contribution in [3.63, 3.8) is 0 Å². The van der Waals surface area contributed by atoms with E-state index in [9.17, 15) is 4.79 Å². The zero-order valence-electron chi connectivity index (χ0n) is 7.87. The number of pyridine rings is 1. The predicted octanol–water partition coefficient (Wildman–Crippen LogP) is 1.02. The summed E-state index contributed by atoms with van der Waals surface area (Å²) < 4.78 is 1.72. The minimum atomic E-state index is -1.01. The largest absolute Gasteiger partial charge is 0.476 e. The highest BCUT2D eigenvalue weighted by atomic mass is 16.4. The van der Waals surface area contributed by atoms with Crippen molar-refractivity contribution in [3.05, 3.63) is 48.3 Å². The summed E-state index contributed by atoms with van der Waals surface area (Å²) in [5.74, 6) is -1.01. The Balaban J connectivity index is 2.15. The molecule has 2 rings (SSSR count). The lowest BCUT2D eigenvalue weighted by molar-refractivity contribution is 0.0691. The van der Waals surface area contributed by atoms with Crippen LogP contribution in [0.4, 0.5) is 0 Å². The van der Waals surface area contributed by atoms with Gasteiger partial charge in [0.2, 0.25) is 0 Å². The Morgan fingerprint density at radius 3 is 2.73 bits per heavy atom. The fourth-order valence-corrected chi connectivity index (χ4v) is 1.26. The van der Waals surface area contributed by atoms with Crippen LogP contribution in [0.15, 0.2) is 37.1 Å². The van der Waals surface area contributed by atoms with Crippen molar-refractivity contribution in [2.75, 3.05) is 0 Å². The molecule has 2 aromatic heterocycles. The van der Waals surface area contributed by atoms with Gasteiger partial charge in [0.05, 0.1) is 6.33 Å². The van der Waals surface area contributed by atoms with E-state index in [2.05, 4.69) is 9.97 Å². The summed E-state index contributed by atoms with van der Waals surface area (Å²) in [6.07, 6.45) is 6.40. The van der Waals surface area contributed by atoms with Gasteiger partial charge >= 0.3 is 5.97 Å². The van der Waals surface area contributed by atoms with Gasteiger partial charge in [-0.2, -0.15) is 0 Å². The number of hydrogen-bond donors (Lipinski definition) is 1. The molecule has 0 aliphatic heterocycles. The third-order valence-corrected chi connectivity index (χ3v) is 1.97. The monoisotopic (exact) mass is 203 g/mol. The SMILES string of the molecule is O=C(O)c1cn(Cc2ccncc2)cn1. The number of imidazole rings is 1. The third kappa shape index (κ3) is 2.19. The molecule has 2 aromatic rings. The van der Waals surface area contributed by atoms with Gasteiger partial charge in [0.1, 0.15) is 0 Å². The van der Waals surface area contributed by atoms with E-state index in [-0.39, 0.29) is 5.69 Å². The predicted molar refractivity (Wildman–Crippen MR) is 52.5 cm³/mol. The molecule has 0 spiro atoms. The van der Waals surface area contributed by atoms with Crippen LogP contribution in [0.1, 0.15) is 16.1 Å². The van der Waals surface area contributed by atoms with Crippen LogP contribution >= 0.6 is 0 Å². The molecular formula is C10H9N3O2. The van der Waals surface area contributed by atoms with Crippen LogP contribution in [0.3, 0.4) is 0 Å². The highest BCUT2D eigenvalue weighted by Crippen LogP contribution is 2.02. The first-order valence-corrected chi connectivity index (χ1v) is 4.39. The summed E-state index contributed by atoms with van der Waals surface area (Å²) in [5, 5.41) is 8.68. The van der Waals surface area contributed by atoms with Crippen LogP contribution in [0.2, 0.25) is 0 Å². The summed E-state index contributed by atoms with van der Waals surface area (Å²) in [6, 6.07) is 3.75. The summed E-state index contributed by atoms with van der Waals surface area (Å²) in [5.41, 5.74) is 1.11. The molecule has 1 N–H and O–H groups in total. The van der Waals surface area contributed by atoms with Gasteiger partial charge in [-0.3, -0.25) is 4.98 Å². The van der Waals surface area contributed by atoms with Gasteiger partial charge < -0.3 is 9.67 Å². The van der Waals surface area contributed by atoms with Crippen molar-refractivity contribution in [3.8, 4) is 0 Å². The van der Waals surface area contributed by atoms with E-state index < -0.39 is 5.97 Å². The molecule has 0 fully saturated rings. The van der Waals surface area contributed by atoms with Crippen LogP contribution in [0, 0.1) is 0 Å². The van der Waals surface area contributed by atoms with E-state index in [1.165, 1.54) is 12.5 Å². The second-order valence-corrected chi connectivity index (χ2v) is 3.09. The number of aromatic nitrogens is 3. The standard InChI is InChI=1S/C10H9N3O2/c14-10(15)9-6-13(7-12-9)5-8-1-3-11-4-2-8/h1-4,6-7H,5H2,(H,14,15). The lowest BCUT2D eigenvalue weighted by Gasteiger charge is -2.00. The molecule has 5 heteroatoms. The molecule has 0 unspecified atom stereocenters. The maximum Gasteiger partial charge on any atom is 0.356 e. The Hall–Kier alpha value is -2.17. The van der Waals surface area contributed by atoms with Gasteiger partial charge in [-0.05, 0) is 17.7 Å². The topological polar surface area (TPSA) is 68.0 Å². The molecule has 0 bridgehead atoms. The highest BCUT2D eigenvalue weighted by Gasteiger charge is 2.06. The second-order valence-electron chi connectivity index (χ2n) is 3.09. The van der Waals surface area contributed by atoms with Crippen LogP contribution in [0.25, 0.3) is 0 Å². The lowest BCUT2D eigenvalue weighted by atomic mass is 10.3. The second kappa shape index (κ2) is 3.91. The zero-order valence-corrected chi connectivity index (χ0v) is 7.87. The van der Waals surface area contributed by atoms with E-state index in [4.69, 9.17) is 5.11 Å². The first kappa shape index (κ1) is 9.39. The Bertz CT molecular complexity index is 465. The fraction of sp³-hybridized carbons (Fsp3) is 0.100. The smallest absolute Gasteiger partial charge is 0.356 e. The van der Waals surface area contributed by atoms with Crippen LogP contribution < -0.4 is 0 Å². The average Bonchev–Trinajstić information content (AvgIpc) is 2.68. The van der Waals surface area contributed by atoms with Gasteiger partial charge in [-0.25, -0.2) is 9.78 Å². The van der Waals surface area contributed by atoms with E-state index in [1.54, 1.807) is 17.0 Å². The van der Waals surface area contributed by atoms with Crippen LogP contribution in [-0.2, 0) is 6.54 Å². The van der Waals surface area contributed by atoms with Crippen molar-refractivity contribution < 1.29 is 9.90 Å². The molecular weight excluding hydrogens is 194 g/mol. The van der Waals surface area contributed by atoms with Gasteiger partial charge in [-0.1, -0.05) is 0 Å². The van der Waals surface area contributed by atoms with Gasteiger partial charge in [-0.15, -0.1) is 0 Å². The molecule has 0 amide bonds. The molecule has 0 saturated heterocycles. The molecule has 0 saturated carbocycles. The van der Waals surface area contributed by atoms with Crippen LogP contribution in [0.5, 0.6) is 0 Å². The van der Waals surface area contributed by atoms with Crippen molar-refractivity contribution >= 4 is 5.97 Å². The van der Waals surface area contributed by atoms with Crippen molar-refractivity contribution in [1.82, 2.24) is 14.5 Å². The summed E-state index contributed by atoms with van der Waals surface area (Å²) in [6.45, 7) is 0.600. The molecule has 0 aromatic carbocycles. The van der Waals surface area contributed by atoms with Crippen molar-refractivity contribution in [2.45, 2.75) is 6.54 Å². The molecule has 0 aliphatic carbocycles. The van der Waals surface area contributed by atoms with Gasteiger partial charge in [0.15, 0.2) is 5.69 Å². The van der Waals surface area contributed by atoms with Gasteiger partial charge in [0.25, 0.3) is 0 Å². The first-order valence-electron chi connectivity index (χ1n) is 4.39. The zero-order chi connectivity index (χ0) is 10.7. The van der Waals surface area contributed by atoms with Crippen molar-refractivity contribution in [1.29, 1.82) is 0 Å². The number of aromatic carboxylic acids is 1. The molecule has 0 atom stereocenters. The normalized spacial score (nSPS) is 10.1. The molecule has 0 radical (unpaired) electrons. The lowest BCUT2D eigenvalue weighted by Crippen LogP contribution is -1.98. The average molecular weight is 203 g/mol. The number of carboxylic acids is 1. The molecule has 0 aliphatic rings. The Kier molecular flexibility index (Phi) is 2.45. The maximum absolute atomic E-state index is 10.6. The molecule has 2 heterocycles. The molecule has 5 nitrogen and oxygen atoms in total. The summed E-state index contributed by atoms with van der Waals surface area (Å²) >= 11 is 0. The van der Waals surface area contributed by atoms with Crippen molar-refractivity contribution in [2.24, 2.45) is 0 Å². The van der Waals surface area contributed by atoms with E-state index in [0.29, 0.717) is 6.54 Å². The summed E-state index contributed by atoms with van der Waals surface area (Å²) in [7, 11) is 0. The summed E-state index contributed by atoms with van der Waals surface area (Å²) in [4.78, 5) is 18.2. The number of rotatable bonds is 3. The Morgan fingerprint density at radius 2 is 2.13 bits per heavy atom. The Labute approximate surface area is 86.0 Å². The number of nitrogens with zero attached hydrogens (tertiary/aromatic N) is 3. The van der Waals surface area contributed by atoms with Crippen LogP contribution in [-0.4, -0.2) is 25.6 Å². The molecule has 15 heavy (non-hydrogen) atoms. The number of carbonyl (C=O) groups is 1. The van der Waals surface area contributed by atoms with E-state index in [1.807, 2.05) is 12.1 Å². The fourth-order valence-electron chi connectivity index (χ4n) is 1.26. The Morgan fingerprint density at radius 1 is 1.40 bits per heavy atom. The minimum absolute atomic E-state index is 0.0593. The maximum atomic E-state index is 10.6. The van der Waals surface area contributed by atoms with E-state index in [0.717, 1.165) is 5.56 Å². The number of hydrogen-bond acceptors (Lipinski definition) is 3. The quantitative estimate of drug-likeness (QED) is 0.808. The highest BCUT2D eigenvalue weighted by molar-refractivity contribution is 5.84. The van der Waals surface area contributed by atoms with E-state index >= 15 is 0 Å².